The van der Waals surface area contributed by atoms with Crippen molar-refractivity contribution in [2.24, 2.45) is 11.7 Å². The van der Waals surface area contributed by atoms with Crippen LogP contribution in [-0.2, 0) is 20.9 Å². The van der Waals surface area contributed by atoms with E-state index in [4.69, 9.17) is 10.5 Å². The van der Waals surface area contributed by atoms with Crippen LogP contribution in [0.5, 0.6) is 0 Å². The minimum atomic E-state index is -0.481. The average molecular weight is 405 g/mol. The van der Waals surface area contributed by atoms with Gasteiger partial charge in [-0.2, -0.15) is 0 Å². The highest BCUT2D eigenvalue weighted by atomic mass is 16.5. The number of hydrogen-bond acceptors (Lipinski definition) is 5. The number of piperidine rings is 1. The molecule has 1 saturated heterocycles. The van der Waals surface area contributed by atoms with Crippen molar-refractivity contribution in [1.82, 2.24) is 15.5 Å². The molecule has 1 heterocycles. The molecule has 4 N–H and O–H groups in total. The first-order chi connectivity index (χ1) is 14.0. The second kappa shape index (κ2) is 12.8. The summed E-state index contributed by atoms with van der Waals surface area (Å²) < 4.78 is 5.11. The number of nitrogens with one attached hydrogen (secondary N) is 2. The number of rotatable bonds is 11. The van der Waals surface area contributed by atoms with Crippen LogP contribution in [0.15, 0.2) is 30.3 Å². The SMILES string of the molecule is NC(=O)C1CCCN(CCCNC(=O)CCCNC(=O)OCc2ccccc2)C1. The fourth-order valence-corrected chi connectivity index (χ4v) is 3.32. The van der Waals surface area contributed by atoms with Crippen molar-refractivity contribution in [2.75, 3.05) is 32.7 Å². The van der Waals surface area contributed by atoms with Crippen LogP contribution < -0.4 is 16.4 Å². The number of alkyl carbamates (subject to hydrolysis) is 1. The monoisotopic (exact) mass is 404 g/mol. The van der Waals surface area contributed by atoms with Gasteiger partial charge in [0.25, 0.3) is 0 Å². The standard InChI is InChI=1S/C21H32N4O4/c22-20(27)18-9-5-13-25(15-18)14-6-12-23-19(26)10-4-11-24-21(28)29-16-17-7-2-1-3-8-17/h1-3,7-8,18H,4-6,9-16H2,(H2,22,27)(H,23,26)(H,24,28). The van der Waals surface area contributed by atoms with Crippen molar-refractivity contribution in [3.63, 3.8) is 0 Å². The van der Waals surface area contributed by atoms with Gasteiger partial charge in [-0.05, 0) is 44.3 Å². The summed E-state index contributed by atoms with van der Waals surface area (Å²) in [5.74, 6) is -0.302. The number of primary amides is 1. The topological polar surface area (TPSA) is 114 Å². The minimum Gasteiger partial charge on any atom is -0.445 e. The molecule has 160 valence electrons. The molecule has 1 aromatic rings. The molecule has 1 unspecified atom stereocenters. The molecule has 0 aliphatic carbocycles. The number of carbonyl (C=O) groups excluding carboxylic acids is 3. The Morgan fingerprint density at radius 2 is 1.86 bits per heavy atom. The van der Waals surface area contributed by atoms with E-state index in [-0.39, 0.29) is 24.3 Å². The van der Waals surface area contributed by atoms with Crippen LogP contribution >= 0.6 is 0 Å². The highest BCUT2D eigenvalue weighted by molar-refractivity contribution is 5.77. The zero-order valence-corrected chi connectivity index (χ0v) is 16.9. The lowest BCUT2D eigenvalue weighted by molar-refractivity contribution is -0.123. The summed E-state index contributed by atoms with van der Waals surface area (Å²) in [6.45, 7) is 3.76. The number of benzene rings is 1. The number of ether oxygens (including phenoxy) is 1. The smallest absolute Gasteiger partial charge is 0.407 e. The molecule has 1 aliphatic rings. The Hall–Kier alpha value is -2.61. The summed E-state index contributed by atoms with van der Waals surface area (Å²) in [5.41, 5.74) is 6.31. The van der Waals surface area contributed by atoms with E-state index in [9.17, 15) is 14.4 Å². The molecule has 0 spiro atoms. The number of nitrogens with zero attached hydrogens (tertiary/aromatic N) is 1. The Morgan fingerprint density at radius 1 is 1.10 bits per heavy atom. The second-order valence-electron chi connectivity index (χ2n) is 7.34. The highest BCUT2D eigenvalue weighted by Gasteiger charge is 2.23. The molecule has 1 aromatic carbocycles. The largest absolute Gasteiger partial charge is 0.445 e. The number of hydrogen-bond donors (Lipinski definition) is 3. The first-order valence-corrected chi connectivity index (χ1v) is 10.3. The zero-order chi connectivity index (χ0) is 20.9. The van der Waals surface area contributed by atoms with Crippen LogP contribution in [-0.4, -0.2) is 55.5 Å². The van der Waals surface area contributed by atoms with E-state index in [2.05, 4.69) is 15.5 Å². The summed E-state index contributed by atoms with van der Waals surface area (Å²) in [6, 6.07) is 9.46. The van der Waals surface area contributed by atoms with Gasteiger partial charge < -0.3 is 26.0 Å². The molecule has 8 heteroatoms. The molecule has 0 saturated carbocycles. The summed E-state index contributed by atoms with van der Waals surface area (Å²) in [4.78, 5) is 37.0. The molecule has 29 heavy (non-hydrogen) atoms. The van der Waals surface area contributed by atoms with E-state index in [1.54, 1.807) is 0 Å². The van der Waals surface area contributed by atoms with Gasteiger partial charge in [0, 0.05) is 26.1 Å². The first kappa shape index (κ1) is 22.7. The van der Waals surface area contributed by atoms with E-state index >= 15 is 0 Å². The fraction of sp³-hybridized carbons (Fsp3) is 0.571. The van der Waals surface area contributed by atoms with Crippen LogP contribution in [0.4, 0.5) is 4.79 Å². The first-order valence-electron chi connectivity index (χ1n) is 10.3. The average Bonchev–Trinajstić information content (AvgIpc) is 2.74. The van der Waals surface area contributed by atoms with Gasteiger partial charge in [-0.1, -0.05) is 30.3 Å². The molecule has 1 aliphatic heterocycles. The molecule has 1 atom stereocenters. The highest BCUT2D eigenvalue weighted by Crippen LogP contribution is 2.15. The van der Waals surface area contributed by atoms with E-state index in [0.29, 0.717) is 25.9 Å². The Labute approximate surface area is 172 Å². The van der Waals surface area contributed by atoms with Crippen LogP contribution in [0, 0.1) is 5.92 Å². The number of nitrogens with two attached hydrogens (primary N) is 1. The zero-order valence-electron chi connectivity index (χ0n) is 16.9. The Bertz CT molecular complexity index is 653. The Balaban J connectivity index is 1.45. The molecule has 2 rings (SSSR count). The van der Waals surface area contributed by atoms with Gasteiger partial charge in [0.15, 0.2) is 0 Å². The normalized spacial score (nSPS) is 16.8. The summed E-state index contributed by atoms with van der Waals surface area (Å²) in [6.07, 6.45) is 3.12. The fourth-order valence-electron chi connectivity index (χ4n) is 3.32. The summed E-state index contributed by atoms with van der Waals surface area (Å²) in [5, 5.41) is 5.54. The van der Waals surface area contributed by atoms with Crippen molar-refractivity contribution >= 4 is 17.9 Å². The Kier molecular flexibility index (Phi) is 9.99. The Morgan fingerprint density at radius 3 is 2.62 bits per heavy atom. The lowest BCUT2D eigenvalue weighted by Gasteiger charge is -2.31. The van der Waals surface area contributed by atoms with Gasteiger partial charge in [0.1, 0.15) is 6.61 Å². The summed E-state index contributed by atoms with van der Waals surface area (Å²) in [7, 11) is 0. The maximum atomic E-state index is 11.9. The number of carbonyl (C=O) groups is 3. The second-order valence-corrected chi connectivity index (χ2v) is 7.34. The molecular formula is C21H32N4O4. The molecule has 0 radical (unpaired) electrons. The van der Waals surface area contributed by atoms with Crippen molar-refractivity contribution in [3.05, 3.63) is 35.9 Å². The van der Waals surface area contributed by atoms with Crippen LogP contribution in [0.1, 0.15) is 37.7 Å². The van der Waals surface area contributed by atoms with Gasteiger partial charge >= 0.3 is 6.09 Å². The molecule has 3 amide bonds. The quantitative estimate of drug-likeness (QED) is 0.483. The van der Waals surface area contributed by atoms with E-state index < -0.39 is 6.09 Å². The van der Waals surface area contributed by atoms with Gasteiger partial charge in [-0.15, -0.1) is 0 Å². The number of amides is 3. The van der Waals surface area contributed by atoms with Crippen LogP contribution in [0.2, 0.25) is 0 Å². The lowest BCUT2D eigenvalue weighted by Crippen LogP contribution is -2.42. The van der Waals surface area contributed by atoms with Crippen molar-refractivity contribution < 1.29 is 19.1 Å². The van der Waals surface area contributed by atoms with Crippen LogP contribution in [0.3, 0.4) is 0 Å². The number of likely N-dealkylation sites (tertiary alicyclic amines) is 1. The van der Waals surface area contributed by atoms with E-state index in [1.807, 2.05) is 30.3 Å². The minimum absolute atomic E-state index is 0.0295. The molecule has 1 fully saturated rings. The van der Waals surface area contributed by atoms with Crippen LogP contribution in [0.25, 0.3) is 0 Å². The van der Waals surface area contributed by atoms with Gasteiger partial charge in [-0.3, -0.25) is 9.59 Å². The maximum absolute atomic E-state index is 11.9. The third-order valence-corrected chi connectivity index (χ3v) is 4.94. The lowest BCUT2D eigenvalue weighted by atomic mass is 9.97. The predicted octanol–water partition coefficient (Wildman–Crippen LogP) is 1.40. The van der Waals surface area contributed by atoms with Crippen molar-refractivity contribution in [1.29, 1.82) is 0 Å². The van der Waals surface area contributed by atoms with E-state index in [1.165, 1.54) is 0 Å². The third kappa shape index (κ3) is 9.43. The van der Waals surface area contributed by atoms with Crippen molar-refractivity contribution in [2.45, 2.75) is 38.7 Å². The molecule has 0 bridgehead atoms. The molecule has 0 aromatic heterocycles. The summed E-state index contributed by atoms with van der Waals surface area (Å²) >= 11 is 0. The molecular weight excluding hydrogens is 372 g/mol. The van der Waals surface area contributed by atoms with Crippen molar-refractivity contribution in [3.8, 4) is 0 Å². The molecule has 8 nitrogen and oxygen atoms in total. The predicted molar refractivity (Wildman–Crippen MR) is 110 cm³/mol. The third-order valence-electron chi connectivity index (χ3n) is 4.94. The van der Waals surface area contributed by atoms with Gasteiger partial charge in [0.2, 0.25) is 11.8 Å². The maximum Gasteiger partial charge on any atom is 0.407 e. The van der Waals surface area contributed by atoms with Gasteiger partial charge in [0.05, 0.1) is 5.92 Å². The van der Waals surface area contributed by atoms with E-state index in [0.717, 1.165) is 44.5 Å². The van der Waals surface area contributed by atoms with Gasteiger partial charge in [-0.25, -0.2) is 4.79 Å².